The molecule has 3 rings (SSSR count). The van der Waals surface area contributed by atoms with Crippen LogP contribution in [0.3, 0.4) is 0 Å². The minimum Gasteiger partial charge on any atom is -0.497 e. The summed E-state index contributed by atoms with van der Waals surface area (Å²) in [6, 6.07) is 8.69. The van der Waals surface area contributed by atoms with Crippen LogP contribution in [0.5, 0.6) is 5.75 Å². The van der Waals surface area contributed by atoms with Crippen molar-refractivity contribution in [2.24, 2.45) is 11.3 Å². The van der Waals surface area contributed by atoms with Crippen molar-refractivity contribution in [1.29, 1.82) is 0 Å². The van der Waals surface area contributed by atoms with E-state index in [4.69, 9.17) is 4.74 Å². The van der Waals surface area contributed by atoms with Gasteiger partial charge in [-0.3, -0.25) is 0 Å². The first kappa shape index (κ1) is 12.1. The molecule has 0 aliphatic heterocycles. The topological polar surface area (TPSA) is 9.23 Å². The van der Waals surface area contributed by atoms with Gasteiger partial charge >= 0.3 is 0 Å². The molecule has 0 bridgehead atoms. The van der Waals surface area contributed by atoms with Crippen molar-refractivity contribution in [3.05, 3.63) is 29.8 Å². The molecule has 0 unspecified atom stereocenters. The third-order valence-corrected chi connectivity index (χ3v) is 5.09. The van der Waals surface area contributed by atoms with E-state index in [1.807, 2.05) is 0 Å². The van der Waals surface area contributed by atoms with E-state index in [9.17, 15) is 0 Å². The van der Waals surface area contributed by atoms with Gasteiger partial charge in [-0.2, -0.15) is 0 Å². The second kappa shape index (κ2) is 4.60. The monoisotopic (exact) mass is 244 g/mol. The largest absolute Gasteiger partial charge is 0.497 e. The summed E-state index contributed by atoms with van der Waals surface area (Å²) in [6.45, 7) is 2.31. The Bertz CT molecular complexity index is 392. The number of ether oxygens (including phenoxy) is 1. The zero-order valence-electron chi connectivity index (χ0n) is 11.6. The van der Waals surface area contributed by atoms with Crippen LogP contribution in [0.25, 0.3) is 0 Å². The molecule has 0 aromatic heterocycles. The highest BCUT2D eigenvalue weighted by atomic mass is 16.5. The first-order valence-corrected chi connectivity index (χ1v) is 7.38. The smallest absolute Gasteiger partial charge is 0.118 e. The maximum absolute atomic E-state index is 5.21. The van der Waals surface area contributed by atoms with Gasteiger partial charge in [0.25, 0.3) is 0 Å². The van der Waals surface area contributed by atoms with E-state index in [0.29, 0.717) is 0 Å². The van der Waals surface area contributed by atoms with Gasteiger partial charge in [-0.05, 0) is 60.6 Å². The predicted molar refractivity (Wildman–Crippen MR) is 75.0 cm³/mol. The van der Waals surface area contributed by atoms with Crippen molar-refractivity contribution in [2.75, 3.05) is 7.11 Å². The molecule has 2 aliphatic rings. The second-order valence-electron chi connectivity index (χ2n) is 6.44. The molecule has 2 saturated carbocycles. The van der Waals surface area contributed by atoms with Crippen molar-refractivity contribution < 1.29 is 4.74 Å². The summed E-state index contributed by atoms with van der Waals surface area (Å²) in [5.41, 5.74) is 2.27. The van der Waals surface area contributed by atoms with E-state index in [0.717, 1.165) is 23.0 Å². The molecule has 98 valence electrons. The zero-order chi connectivity index (χ0) is 12.6. The summed E-state index contributed by atoms with van der Waals surface area (Å²) in [6.07, 6.45) is 8.69. The summed E-state index contributed by atoms with van der Waals surface area (Å²) in [4.78, 5) is 0. The van der Waals surface area contributed by atoms with Crippen LogP contribution >= 0.6 is 0 Å². The minimum absolute atomic E-state index is 0.754. The number of hydrogen-bond donors (Lipinski definition) is 0. The Morgan fingerprint density at radius 3 is 2.33 bits per heavy atom. The molecule has 0 heterocycles. The molecule has 0 radical (unpaired) electrons. The molecule has 2 aliphatic carbocycles. The van der Waals surface area contributed by atoms with Crippen LogP contribution in [-0.4, -0.2) is 7.11 Å². The third kappa shape index (κ3) is 2.04. The Morgan fingerprint density at radius 2 is 1.78 bits per heavy atom. The molecule has 2 fully saturated rings. The maximum atomic E-state index is 5.21. The van der Waals surface area contributed by atoms with Crippen LogP contribution in [0.4, 0.5) is 0 Å². The van der Waals surface area contributed by atoms with Gasteiger partial charge in [0.15, 0.2) is 0 Å². The first-order valence-electron chi connectivity index (χ1n) is 7.38. The number of benzene rings is 1. The Hall–Kier alpha value is -0.980. The molecule has 1 heteroatoms. The van der Waals surface area contributed by atoms with Crippen LogP contribution in [0.1, 0.15) is 56.9 Å². The van der Waals surface area contributed by atoms with Gasteiger partial charge in [0.1, 0.15) is 5.75 Å². The van der Waals surface area contributed by atoms with Gasteiger partial charge in [0, 0.05) is 0 Å². The summed E-state index contributed by atoms with van der Waals surface area (Å²) in [7, 11) is 1.73. The van der Waals surface area contributed by atoms with Gasteiger partial charge in [-0.25, -0.2) is 0 Å². The minimum atomic E-state index is 0.754. The number of methoxy groups -OCH3 is 1. The molecule has 1 aromatic rings. The highest BCUT2D eigenvalue weighted by molar-refractivity contribution is 5.31. The third-order valence-electron chi connectivity index (χ3n) is 5.09. The van der Waals surface area contributed by atoms with Crippen LogP contribution in [0, 0.1) is 11.3 Å². The van der Waals surface area contributed by atoms with Crippen molar-refractivity contribution >= 4 is 0 Å². The van der Waals surface area contributed by atoms with Gasteiger partial charge in [0.2, 0.25) is 0 Å². The summed E-state index contributed by atoms with van der Waals surface area (Å²) >= 11 is 0. The standard InChI is InChI=1S/C17H24O/c1-3-4-13-9-17(10-13)11-15(12-17)14-5-7-16(18-2)8-6-14/h5-8,13,15H,3-4,9-12H2,1-2H3. The van der Waals surface area contributed by atoms with Crippen molar-refractivity contribution in [2.45, 2.75) is 51.4 Å². The molecule has 18 heavy (non-hydrogen) atoms. The summed E-state index contributed by atoms with van der Waals surface area (Å²) < 4.78 is 5.21. The molecular formula is C17H24O. The Labute approximate surface area is 111 Å². The van der Waals surface area contributed by atoms with E-state index in [-0.39, 0.29) is 0 Å². The van der Waals surface area contributed by atoms with E-state index >= 15 is 0 Å². The summed E-state index contributed by atoms with van der Waals surface area (Å²) in [5, 5.41) is 0. The second-order valence-corrected chi connectivity index (χ2v) is 6.44. The van der Waals surface area contributed by atoms with E-state index in [2.05, 4.69) is 31.2 Å². The molecule has 0 N–H and O–H groups in total. The van der Waals surface area contributed by atoms with Crippen molar-refractivity contribution in [3.63, 3.8) is 0 Å². The fourth-order valence-corrected chi connectivity index (χ4v) is 4.21. The average Bonchev–Trinajstić information content (AvgIpc) is 2.31. The molecule has 1 spiro atoms. The zero-order valence-corrected chi connectivity index (χ0v) is 11.6. The van der Waals surface area contributed by atoms with E-state index in [1.54, 1.807) is 7.11 Å². The first-order chi connectivity index (χ1) is 8.74. The molecule has 0 saturated heterocycles. The lowest BCUT2D eigenvalue weighted by molar-refractivity contribution is -0.0446. The predicted octanol–water partition coefficient (Wildman–Crippen LogP) is 4.77. The Balaban J connectivity index is 1.53. The molecule has 0 atom stereocenters. The highest BCUT2D eigenvalue weighted by Gasteiger charge is 2.52. The van der Waals surface area contributed by atoms with Gasteiger partial charge in [-0.15, -0.1) is 0 Å². The summed E-state index contributed by atoms with van der Waals surface area (Å²) in [5.74, 6) is 2.84. The van der Waals surface area contributed by atoms with Crippen LogP contribution < -0.4 is 4.74 Å². The molecule has 1 nitrogen and oxygen atoms in total. The van der Waals surface area contributed by atoms with E-state index < -0.39 is 0 Å². The van der Waals surface area contributed by atoms with Crippen LogP contribution in [-0.2, 0) is 0 Å². The lowest BCUT2D eigenvalue weighted by atomic mass is 9.47. The Morgan fingerprint density at radius 1 is 1.11 bits per heavy atom. The van der Waals surface area contributed by atoms with E-state index in [1.165, 1.54) is 44.1 Å². The van der Waals surface area contributed by atoms with Crippen LogP contribution in [0.15, 0.2) is 24.3 Å². The number of rotatable bonds is 4. The van der Waals surface area contributed by atoms with Gasteiger partial charge in [-0.1, -0.05) is 31.9 Å². The average molecular weight is 244 g/mol. The SMILES string of the molecule is CCCC1CC2(C1)CC(c1ccc(OC)cc1)C2. The fraction of sp³-hybridized carbons (Fsp3) is 0.647. The molecular weight excluding hydrogens is 220 g/mol. The Kier molecular flexibility index (Phi) is 3.09. The lowest BCUT2D eigenvalue weighted by Gasteiger charge is -2.58. The van der Waals surface area contributed by atoms with Gasteiger partial charge < -0.3 is 4.74 Å². The normalized spacial score (nSPS) is 33.9. The van der Waals surface area contributed by atoms with Crippen molar-refractivity contribution in [1.82, 2.24) is 0 Å². The molecule has 1 aromatic carbocycles. The maximum Gasteiger partial charge on any atom is 0.118 e. The fourth-order valence-electron chi connectivity index (χ4n) is 4.21. The molecule has 0 amide bonds. The van der Waals surface area contributed by atoms with Gasteiger partial charge in [0.05, 0.1) is 7.11 Å². The van der Waals surface area contributed by atoms with Crippen molar-refractivity contribution in [3.8, 4) is 5.75 Å². The highest BCUT2D eigenvalue weighted by Crippen LogP contribution is 2.64. The number of hydrogen-bond acceptors (Lipinski definition) is 1. The van der Waals surface area contributed by atoms with Crippen LogP contribution in [0.2, 0.25) is 0 Å². The lowest BCUT2D eigenvalue weighted by Crippen LogP contribution is -2.46. The quantitative estimate of drug-likeness (QED) is 0.741.